The Labute approximate surface area is 126 Å². The van der Waals surface area contributed by atoms with Crippen molar-refractivity contribution in [3.63, 3.8) is 0 Å². The van der Waals surface area contributed by atoms with Crippen LogP contribution in [0, 0.1) is 6.92 Å². The lowest BCUT2D eigenvalue weighted by molar-refractivity contribution is 0.0519. The van der Waals surface area contributed by atoms with E-state index < -0.39 is 0 Å². The molecule has 1 aliphatic rings. The number of aryl methyl sites for hydroxylation is 1. The van der Waals surface area contributed by atoms with E-state index in [2.05, 4.69) is 11.9 Å². The summed E-state index contributed by atoms with van der Waals surface area (Å²) < 4.78 is 5.06. The van der Waals surface area contributed by atoms with Crippen LogP contribution in [0.25, 0.3) is 0 Å². The molecule has 2 unspecified atom stereocenters. The van der Waals surface area contributed by atoms with Crippen LogP contribution in [0.15, 0.2) is 0 Å². The Morgan fingerprint density at radius 3 is 2.79 bits per heavy atom. The minimum Gasteiger partial charge on any atom is -0.461 e. The fourth-order valence-electron chi connectivity index (χ4n) is 2.06. The molecule has 0 spiro atoms. The van der Waals surface area contributed by atoms with Gasteiger partial charge in [-0.1, -0.05) is 6.92 Å². The van der Waals surface area contributed by atoms with Gasteiger partial charge in [-0.05, 0) is 20.3 Å². The summed E-state index contributed by atoms with van der Waals surface area (Å²) in [7, 11) is 0. The minimum atomic E-state index is -0.288. The van der Waals surface area contributed by atoms with E-state index in [4.69, 9.17) is 4.74 Å². The number of hydrogen-bond donors (Lipinski definition) is 0. The molecule has 0 aromatic carbocycles. The molecular formula is C13H19NO2S3. The Morgan fingerprint density at radius 1 is 1.37 bits per heavy atom. The van der Waals surface area contributed by atoms with Crippen molar-refractivity contribution in [2.45, 2.75) is 37.7 Å². The molecule has 0 amide bonds. The lowest BCUT2D eigenvalue weighted by Gasteiger charge is -2.28. The molecule has 2 atom stereocenters. The van der Waals surface area contributed by atoms with Gasteiger partial charge in [0, 0.05) is 21.6 Å². The molecule has 3 nitrogen and oxygen atoms in total. The number of thioether (sulfide) groups is 2. The summed E-state index contributed by atoms with van der Waals surface area (Å²) >= 11 is 5.65. The van der Waals surface area contributed by atoms with Crippen molar-refractivity contribution >= 4 is 40.8 Å². The number of carbonyl (C=O) groups is 1. The second kappa shape index (κ2) is 6.99. The number of carbonyl (C=O) groups excluding carboxylic acids is 1. The lowest BCUT2D eigenvalue weighted by atomic mass is 10.2. The first-order valence-corrected chi connectivity index (χ1v) is 9.46. The van der Waals surface area contributed by atoms with E-state index in [1.807, 2.05) is 37.4 Å². The SMILES string of the molecule is CCOC(=O)c1nc(C2SCCSC2CC)sc1C. The van der Waals surface area contributed by atoms with Gasteiger partial charge in [0.05, 0.1) is 11.9 Å². The van der Waals surface area contributed by atoms with Gasteiger partial charge in [-0.15, -0.1) is 23.1 Å². The topological polar surface area (TPSA) is 39.2 Å². The summed E-state index contributed by atoms with van der Waals surface area (Å²) in [6, 6.07) is 0. The molecule has 1 aromatic heterocycles. The lowest BCUT2D eigenvalue weighted by Crippen LogP contribution is -2.18. The van der Waals surface area contributed by atoms with Gasteiger partial charge < -0.3 is 4.74 Å². The van der Waals surface area contributed by atoms with E-state index in [1.165, 1.54) is 11.5 Å². The van der Waals surface area contributed by atoms with Gasteiger partial charge in [0.25, 0.3) is 0 Å². The fourth-order valence-corrected chi connectivity index (χ4v) is 6.39. The minimum absolute atomic E-state index is 0.288. The zero-order valence-electron chi connectivity index (χ0n) is 11.5. The Balaban J connectivity index is 2.20. The number of thiazole rings is 1. The quantitative estimate of drug-likeness (QED) is 0.787. The Bertz CT molecular complexity index is 447. The van der Waals surface area contributed by atoms with E-state index >= 15 is 0 Å². The first-order chi connectivity index (χ1) is 9.17. The third-order valence-electron chi connectivity index (χ3n) is 2.98. The predicted octanol–water partition coefficient (Wildman–Crippen LogP) is 3.93. The van der Waals surface area contributed by atoms with Gasteiger partial charge in [-0.25, -0.2) is 9.78 Å². The predicted molar refractivity (Wildman–Crippen MR) is 84.5 cm³/mol. The highest BCUT2D eigenvalue weighted by Crippen LogP contribution is 2.45. The molecule has 1 aromatic rings. The molecule has 2 heterocycles. The molecule has 1 saturated heterocycles. The molecular weight excluding hydrogens is 298 g/mol. The molecule has 0 N–H and O–H groups in total. The number of esters is 1. The van der Waals surface area contributed by atoms with Gasteiger partial charge in [-0.2, -0.15) is 11.8 Å². The standard InChI is InChI=1S/C13H19NO2S3/c1-4-9-11(18-7-6-17-9)12-14-10(8(3)19-12)13(15)16-5-2/h9,11H,4-7H2,1-3H3. The highest BCUT2D eigenvalue weighted by atomic mass is 32.2. The van der Waals surface area contributed by atoms with Crippen molar-refractivity contribution in [2.24, 2.45) is 0 Å². The summed E-state index contributed by atoms with van der Waals surface area (Å²) in [6.07, 6.45) is 1.15. The zero-order valence-corrected chi connectivity index (χ0v) is 13.9. The van der Waals surface area contributed by atoms with Crippen LogP contribution in [-0.2, 0) is 4.74 Å². The molecule has 6 heteroatoms. The molecule has 2 rings (SSSR count). The Hall–Kier alpha value is -0.200. The molecule has 0 saturated carbocycles. The number of rotatable bonds is 4. The van der Waals surface area contributed by atoms with E-state index in [9.17, 15) is 4.79 Å². The van der Waals surface area contributed by atoms with Crippen LogP contribution in [0.5, 0.6) is 0 Å². The maximum absolute atomic E-state index is 11.8. The molecule has 1 aliphatic heterocycles. The first kappa shape index (κ1) is 15.2. The van der Waals surface area contributed by atoms with Crippen molar-refractivity contribution < 1.29 is 9.53 Å². The molecule has 0 radical (unpaired) electrons. The van der Waals surface area contributed by atoms with Gasteiger partial charge in [0.2, 0.25) is 0 Å². The number of aromatic nitrogens is 1. The van der Waals surface area contributed by atoms with E-state index in [-0.39, 0.29) is 5.97 Å². The van der Waals surface area contributed by atoms with Crippen LogP contribution in [0.4, 0.5) is 0 Å². The maximum Gasteiger partial charge on any atom is 0.358 e. The fraction of sp³-hybridized carbons (Fsp3) is 0.692. The third-order valence-corrected chi connectivity index (χ3v) is 7.44. The molecule has 1 fully saturated rings. The summed E-state index contributed by atoms with van der Waals surface area (Å²) in [5.41, 5.74) is 0.507. The monoisotopic (exact) mass is 317 g/mol. The number of ether oxygens (including phenoxy) is 1. The highest BCUT2D eigenvalue weighted by Gasteiger charge is 2.30. The van der Waals surface area contributed by atoms with Crippen molar-refractivity contribution in [1.82, 2.24) is 4.98 Å². The van der Waals surface area contributed by atoms with Gasteiger partial charge in [0.1, 0.15) is 5.01 Å². The molecule has 0 aliphatic carbocycles. The van der Waals surface area contributed by atoms with Crippen LogP contribution >= 0.6 is 34.9 Å². The molecule has 19 heavy (non-hydrogen) atoms. The average Bonchev–Trinajstić information content (AvgIpc) is 2.81. The van der Waals surface area contributed by atoms with Crippen LogP contribution in [0.2, 0.25) is 0 Å². The summed E-state index contributed by atoms with van der Waals surface area (Å²) in [4.78, 5) is 17.4. The summed E-state index contributed by atoms with van der Waals surface area (Å²) in [6.45, 7) is 6.40. The van der Waals surface area contributed by atoms with Crippen molar-refractivity contribution in [3.8, 4) is 0 Å². The van der Waals surface area contributed by atoms with E-state index in [0.29, 0.717) is 22.8 Å². The second-order valence-electron chi connectivity index (χ2n) is 4.29. The van der Waals surface area contributed by atoms with Gasteiger partial charge >= 0.3 is 5.97 Å². The van der Waals surface area contributed by atoms with Crippen molar-refractivity contribution in [3.05, 3.63) is 15.6 Å². The second-order valence-corrected chi connectivity index (χ2v) is 8.12. The maximum atomic E-state index is 11.8. The Morgan fingerprint density at radius 2 is 2.11 bits per heavy atom. The van der Waals surface area contributed by atoms with Crippen molar-refractivity contribution in [1.29, 1.82) is 0 Å². The van der Waals surface area contributed by atoms with E-state index in [0.717, 1.165) is 16.3 Å². The number of hydrogen-bond acceptors (Lipinski definition) is 6. The zero-order chi connectivity index (χ0) is 13.8. The first-order valence-electron chi connectivity index (χ1n) is 6.55. The molecule has 0 bridgehead atoms. The smallest absolute Gasteiger partial charge is 0.358 e. The van der Waals surface area contributed by atoms with Gasteiger partial charge in [0.15, 0.2) is 5.69 Å². The number of nitrogens with zero attached hydrogens (tertiary/aromatic N) is 1. The van der Waals surface area contributed by atoms with Crippen LogP contribution in [-0.4, -0.2) is 34.3 Å². The average molecular weight is 318 g/mol. The summed E-state index contributed by atoms with van der Waals surface area (Å²) in [5.74, 6) is 2.09. The Kier molecular flexibility index (Phi) is 5.59. The van der Waals surface area contributed by atoms with Gasteiger partial charge in [-0.3, -0.25) is 0 Å². The largest absolute Gasteiger partial charge is 0.461 e. The summed E-state index contributed by atoms with van der Waals surface area (Å²) in [5, 5.41) is 2.12. The van der Waals surface area contributed by atoms with Crippen molar-refractivity contribution in [2.75, 3.05) is 18.1 Å². The molecule has 106 valence electrons. The van der Waals surface area contributed by atoms with Crippen LogP contribution in [0.1, 0.15) is 45.9 Å². The van der Waals surface area contributed by atoms with E-state index in [1.54, 1.807) is 11.3 Å². The highest BCUT2D eigenvalue weighted by molar-refractivity contribution is 8.06. The normalized spacial score (nSPS) is 23.3. The third kappa shape index (κ3) is 3.47. The van der Waals surface area contributed by atoms with Crippen LogP contribution < -0.4 is 0 Å². The van der Waals surface area contributed by atoms with Crippen LogP contribution in [0.3, 0.4) is 0 Å².